The maximum atomic E-state index is 12.6. The van der Waals surface area contributed by atoms with E-state index in [4.69, 9.17) is 4.42 Å². The van der Waals surface area contributed by atoms with Gasteiger partial charge in [-0.05, 0) is 48.0 Å². The topological polar surface area (TPSA) is 83.8 Å². The third kappa shape index (κ3) is 3.79. The van der Waals surface area contributed by atoms with Gasteiger partial charge in [0.05, 0.1) is 11.0 Å². The largest absolute Gasteiger partial charge is 0.441 e. The quantitative estimate of drug-likeness (QED) is 0.368. The van der Waals surface area contributed by atoms with Gasteiger partial charge in [-0.25, -0.2) is 9.97 Å². The number of imidazole rings is 1. The number of fused-ring (bicyclic) bond motifs is 2. The van der Waals surface area contributed by atoms with Crippen molar-refractivity contribution in [2.24, 2.45) is 0 Å². The van der Waals surface area contributed by atoms with Crippen molar-refractivity contribution in [2.45, 2.75) is 17.8 Å². The van der Waals surface area contributed by atoms with Crippen LogP contribution in [0.4, 0.5) is 5.69 Å². The number of amides is 1. The highest BCUT2D eigenvalue weighted by Gasteiger charge is 2.09. The Balaban J connectivity index is 1.23. The predicted octanol–water partition coefficient (Wildman–Crippen LogP) is 5.56. The zero-order valence-electron chi connectivity index (χ0n) is 16.2. The molecule has 0 radical (unpaired) electrons. The summed E-state index contributed by atoms with van der Waals surface area (Å²) in [5, 5.41) is 3.80. The Morgan fingerprint density at radius 3 is 2.70 bits per heavy atom. The summed E-state index contributed by atoms with van der Waals surface area (Å²) in [6.45, 7) is 1.80. The highest BCUT2D eigenvalue weighted by atomic mass is 32.2. The van der Waals surface area contributed by atoms with E-state index in [-0.39, 0.29) is 5.91 Å². The molecule has 6 nitrogen and oxygen atoms in total. The molecule has 0 aliphatic carbocycles. The zero-order valence-corrected chi connectivity index (χ0v) is 17.0. The van der Waals surface area contributed by atoms with Crippen LogP contribution in [0, 0.1) is 6.92 Å². The van der Waals surface area contributed by atoms with E-state index < -0.39 is 0 Å². The van der Waals surface area contributed by atoms with Gasteiger partial charge in [0.15, 0.2) is 16.6 Å². The van der Waals surface area contributed by atoms with E-state index in [2.05, 4.69) is 20.3 Å². The first-order valence-corrected chi connectivity index (χ1v) is 10.5. The second-order valence-corrected chi connectivity index (χ2v) is 7.88. The normalized spacial score (nSPS) is 11.2. The van der Waals surface area contributed by atoms with Gasteiger partial charge in [-0.2, -0.15) is 0 Å². The van der Waals surface area contributed by atoms with Crippen molar-refractivity contribution in [3.8, 4) is 0 Å². The van der Waals surface area contributed by atoms with Crippen LogP contribution in [-0.2, 0) is 5.75 Å². The molecule has 148 valence electrons. The molecule has 0 saturated heterocycles. The van der Waals surface area contributed by atoms with Gasteiger partial charge in [-0.15, -0.1) is 0 Å². The molecule has 0 fully saturated rings. The van der Waals surface area contributed by atoms with Gasteiger partial charge in [0.1, 0.15) is 5.52 Å². The number of rotatable bonds is 5. The van der Waals surface area contributed by atoms with Gasteiger partial charge in [0.2, 0.25) is 0 Å². The predicted molar refractivity (Wildman–Crippen MR) is 119 cm³/mol. The summed E-state index contributed by atoms with van der Waals surface area (Å²) in [5.74, 6) is 1.21. The average molecular weight is 414 g/mol. The van der Waals surface area contributed by atoms with Gasteiger partial charge in [-0.3, -0.25) is 4.79 Å². The highest BCUT2D eigenvalue weighted by molar-refractivity contribution is 7.98. The number of para-hydroxylation sites is 2. The van der Waals surface area contributed by atoms with Crippen LogP contribution in [-0.4, -0.2) is 20.9 Å². The lowest BCUT2D eigenvalue weighted by Crippen LogP contribution is -2.11. The van der Waals surface area contributed by atoms with Crippen LogP contribution in [0.5, 0.6) is 0 Å². The molecule has 0 unspecified atom stereocenters. The van der Waals surface area contributed by atoms with E-state index in [9.17, 15) is 4.79 Å². The summed E-state index contributed by atoms with van der Waals surface area (Å²) in [4.78, 5) is 24.8. The molecule has 3 aromatic carbocycles. The third-order valence-electron chi connectivity index (χ3n) is 4.71. The monoisotopic (exact) mass is 414 g/mol. The van der Waals surface area contributed by atoms with Crippen LogP contribution < -0.4 is 5.32 Å². The molecule has 2 N–H and O–H groups in total. The molecule has 0 saturated carbocycles. The summed E-state index contributed by atoms with van der Waals surface area (Å²) in [5.41, 5.74) is 5.84. The molecule has 0 atom stereocenters. The Labute approximate surface area is 176 Å². The van der Waals surface area contributed by atoms with Crippen molar-refractivity contribution in [3.05, 3.63) is 83.7 Å². The number of hydrogen-bond donors (Lipinski definition) is 2. The van der Waals surface area contributed by atoms with Crippen molar-refractivity contribution < 1.29 is 9.21 Å². The number of thioether (sulfide) groups is 1. The number of aromatic amines is 1. The fourth-order valence-electron chi connectivity index (χ4n) is 3.23. The van der Waals surface area contributed by atoms with E-state index in [1.165, 1.54) is 0 Å². The zero-order chi connectivity index (χ0) is 20.5. The number of oxazole rings is 1. The number of nitrogens with one attached hydrogen (secondary N) is 2. The fraction of sp³-hybridized carbons (Fsp3) is 0.0870. The van der Waals surface area contributed by atoms with Crippen molar-refractivity contribution in [1.82, 2.24) is 15.0 Å². The number of carbonyl (C=O) groups is 1. The molecular formula is C23H18N4O2S. The van der Waals surface area contributed by atoms with Crippen molar-refractivity contribution >= 4 is 45.5 Å². The SMILES string of the molecule is Cc1nc2cc(NC(=O)c3ccc(CSc4nc5ccccc5[nH]4)cc3)ccc2o1. The van der Waals surface area contributed by atoms with E-state index in [1.54, 1.807) is 18.7 Å². The standard InChI is InChI=1S/C23H18N4O2S/c1-14-24-20-12-17(10-11-21(20)29-14)25-22(28)16-8-6-15(7-9-16)13-30-23-26-18-4-2-3-5-19(18)27-23/h2-12H,13H2,1H3,(H,25,28)(H,26,27). The van der Waals surface area contributed by atoms with E-state index in [1.807, 2.05) is 66.7 Å². The smallest absolute Gasteiger partial charge is 0.255 e. The molecule has 1 amide bonds. The van der Waals surface area contributed by atoms with Crippen LogP contribution in [0.1, 0.15) is 21.8 Å². The Morgan fingerprint density at radius 2 is 1.87 bits per heavy atom. The third-order valence-corrected chi connectivity index (χ3v) is 5.66. The molecular weight excluding hydrogens is 396 g/mol. The average Bonchev–Trinajstić information content (AvgIpc) is 3.34. The molecule has 0 aliphatic rings. The molecule has 0 aliphatic heterocycles. The molecule has 5 rings (SSSR count). The number of carbonyl (C=O) groups excluding carboxylic acids is 1. The summed E-state index contributed by atoms with van der Waals surface area (Å²) >= 11 is 1.64. The number of H-pyrrole nitrogens is 1. The second-order valence-electron chi connectivity index (χ2n) is 6.91. The Bertz CT molecular complexity index is 1320. The van der Waals surface area contributed by atoms with Crippen LogP contribution in [0.2, 0.25) is 0 Å². The molecule has 0 bridgehead atoms. The van der Waals surface area contributed by atoms with E-state index in [0.29, 0.717) is 22.7 Å². The Kier molecular flexibility index (Phi) is 4.72. The highest BCUT2D eigenvalue weighted by Crippen LogP contribution is 2.24. The minimum absolute atomic E-state index is 0.161. The lowest BCUT2D eigenvalue weighted by atomic mass is 10.1. The molecule has 2 heterocycles. The first-order chi connectivity index (χ1) is 14.6. The number of benzene rings is 3. The summed E-state index contributed by atoms with van der Waals surface area (Å²) in [7, 11) is 0. The van der Waals surface area contributed by atoms with Crippen LogP contribution in [0.3, 0.4) is 0 Å². The Morgan fingerprint density at radius 1 is 1.03 bits per heavy atom. The first kappa shape index (κ1) is 18.4. The fourth-order valence-corrected chi connectivity index (χ4v) is 4.07. The van der Waals surface area contributed by atoms with Gasteiger partial charge in [-0.1, -0.05) is 36.0 Å². The number of aromatic nitrogens is 3. The van der Waals surface area contributed by atoms with E-state index in [0.717, 1.165) is 33.0 Å². The van der Waals surface area contributed by atoms with Crippen molar-refractivity contribution in [2.75, 3.05) is 5.32 Å². The van der Waals surface area contributed by atoms with Gasteiger partial charge < -0.3 is 14.7 Å². The second kappa shape index (κ2) is 7.68. The van der Waals surface area contributed by atoms with Gasteiger partial charge >= 0.3 is 0 Å². The summed E-state index contributed by atoms with van der Waals surface area (Å²) < 4.78 is 5.47. The molecule has 0 spiro atoms. The van der Waals surface area contributed by atoms with Crippen LogP contribution in [0.15, 0.2) is 76.3 Å². The number of hydrogen-bond acceptors (Lipinski definition) is 5. The minimum Gasteiger partial charge on any atom is -0.441 e. The van der Waals surface area contributed by atoms with Crippen LogP contribution >= 0.6 is 11.8 Å². The molecule has 2 aromatic heterocycles. The van der Waals surface area contributed by atoms with E-state index >= 15 is 0 Å². The maximum absolute atomic E-state index is 12.6. The van der Waals surface area contributed by atoms with Crippen molar-refractivity contribution in [3.63, 3.8) is 0 Å². The first-order valence-electron chi connectivity index (χ1n) is 9.49. The minimum atomic E-state index is -0.161. The number of anilines is 1. The van der Waals surface area contributed by atoms with Crippen LogP contribution in [0.25, 0.3) is 22.1 Å². The lowest BCUT2D eigenvalue weighted by molar-refractivity contribution is 0.102. The molecule has 30 heavy (non-hydrogen) atoms. The summed E-state index contributed by atoms with van der Waals surface area (Å²) in [6.07, 6.45) is 0. The molecule has 7 heteroatoms. The molecule has 5 aromatic rings. The number of aryl methyl sites for hydroxylation is 1. The lowest BCUT2D eigenvalue weighted by Gasteiger charge is -2.06. The summed E-state index contributed by atoms with van der Waals surface area (Å²) in [6, 6.07) is 21.0. The maximum Gasteiger partial charge on any atom is 0.255 e. The Hall–Kier alpha value is -3.58. The van der Waals surface area contributed by atoms with Gasteiger partial charge in [0, 0.05) is 23.9 Å². The van der Waals surface area contributed by atoms with Crippen molar-refractivity contribution in [1.29, 1.82) is 0 Å². The van der Waals surface area contributed by atoms with Gasteiger partial charge in [0.25, 0.3) is 5.91 Å². The number of nitrogens with zero attached hydrogens (tertiary/aromatic N) is 2.